The van der Waals surface area contributed by atoms with Gasteiger partial charge in [0.05, 0.1) is 32.8 Å². The van der Waals surface area contributed by atoms with Crippen molar-refractivity contribution in [1.82, 2.24) is 4.90 Å². The topological polar surface area (TPSA) is 77.1 Å². The van der Waals surface area contributed by atoms with Crippen LogP contribution in [0.3, 0.4) is 0 Å². The number of aryl methyl sites for hydroxylation is 1. The van der Waals surface area contributed by atoms with Gasteiger partial charge in [-0.05, 0) is 68.1 Å². The van der Waals surface area contributed by atoms with E-state index in [4.69, 9.17) is 25.8 Å². The molecule has 0 spiro atoms. The lowest BCUT2D eigenvalue weighted by molar-refractivity contribution is -0.141. The van der Waals surface area contributed by atoms with Gasteiger partial charge in [0.1, 0.15) is 0 Å². The van der Waals surface area contributed by atoms with Gasteiger partial charge in [0.25, 0.3) is 0 Å². The van der Waals surface area contributed by atoms with E-state index in [-0.39, 0.29) is 12.5 Å². The molecular formula is C24H29ClN2O5. The van der Waals surface area contributed by atoms with Crippen molar-refractivity contribution < 1.29 is 23.8 Å². The van der Waals surface area contributed by atoms with Crippen LogP contribution in [-0.2, 0) is 16.0 Å². The summed E-state index contributed by atoms with van der Waals surface area (Å²) in [6.45, 7) is 7.14. The van der Waals surface area contributed by atoms with Gasteiger partial charge in [-0.25, -0.2) is 4.79 Å². The van der Waals surface area contributed by atoms with Gasteiger partial charge in [-0.3, -0.25) is 4.79 Å². The molecule has 0 radical (unpaired) electrons. The molecule has 3 rings (SSSR count). The number of methoxy groups -OCH3 is 1. The summed E-state index contributed by atoms with van der Waals surface area (Å²) in [5.41, 5.74) is 3.40. The van der Waals surface area contributed by atoms with Gasteiger partial charge in [0.15, 0.2) is 11.5 Å². The van der Waals surface area contributed by atoms with Gasteiger partial charge in [-0.15, -0.1) is 0 Å². The molecule has 32 heavy (non-hydrogen) atoms. The first-order chi connectivity index (χ1) is 15.4. The van der Waals surface area contributed by atoms with Crippen LogP contribution >= 0.6 is 11.6 Å². The minimum absolute atomic E-state index is 0.0327. The Kier molecular flexibility index (Phi) is 7.85. The fraction of sp³-hybridized carbons (Fsp3) is 0.417. The molecule has 1 atom stereocenters. The quantitative estimate of drug-likeness (QED) is 0.579. The van der Waals surface area contributed by atoms with Crippen molar-refractivity contribution >= 4 is 29.3 Å². The molecule has 0 unspecified atom stereocenters. The van der Waals surface area contributed by atoms with Crippen molar-refractivity contribution in [2.45, 2.75) is 39.7 Å². The standard InChI is InChI=1S/C24H29ClN2O5/c1-5-31-21-11-16-9-10-27(24(29)26-19-12-17(25)8-7-15(19)3)20(14-23(28)30-4)18(16)13-22(21)32-6-2/h7-8,11-13,20H,5-6,9-10,14H2,1-4H3,(H,26,29)/t20-/m0/s1. The molecule has 1 N–H and O–H groups in total. The van der Waals surface area contributed by atoms with Gasteiger partial charge < -0.3 is 24.4 Å². The maximum atomic E-state index is 13.3. The number of ether oxygens (including phenoxy) is 3. The fourth-order valence-corrected chi connectivity index (χ4v) is 4.04. The lowest BCUT2D eigenvalue weighted by Gasteiger charge is -2.37. The van der Waals surface area contributed by atoms with Crippen molar-refractivity contribution in [2.75, 3.05) is 32.2 Å². The summed E-state index contributed by atoms with van der Waals surface area (Å²) in [5.74, 6) is 0.861. The predicted molar refractivity (Wildman–Crippen MR) is 124 cm³/mol. The second kappa shape index (κ2) is 10.6. The van der Waals surface area contributed by atoms with E-state index in [0.29, 0.717) is 48.4 Å². The summed E-state index contributed by atoms with van der Waals surface area (Å²) in [6.07, 6.45) is 0.659. The third-order valence-corrected chi connectivity index (χ3v) is 5.69. The zero-order valence-electron chi connectivity index (χ0n) is 18.9. The lowest BCUT2D eigenvalue weighted by Crippen LogP contribution is -2.43. The zero-order chi connectivity index (χ0) is 23.3. The summed E-state index contributed by atoms with van der Waals surface area (Å²) >= 11 is 6.11. The number of esters is 1. The number of rotatable bonds is 7. The van der Waals surface area contributed by atoms with Crippen LogP contribution < -0.4 is 14.8 Å². The Morgan fingerprint density at radius 3 is 2.47 bits per heavy atom. The van der Waals surface area contributed by atoms with E-state index in [1.807, 2.05) is 39.0 Å². The van der Waals surface area contributed by atoms with Gasteiger partial charge in [0.2, 0.25) is 0 Å². The Morgan fingerprint density at radius 2 is 1.81 bits per heavy atom. The average molecular weight is 461 g/mol. The van der Waals surface area contributed by atoms with E-state index < -0.39 is 12.0 Å². The first-order valence-electron chi connectivity index (χ1n) is 10.7. The predicted octanol–water partition coefficient (Wildman–Crippen LogP) is 5.14. The van der Waals surface area contributed by atoms with E-state index in [1.165, 1.54) is 7.11 Å². The highest BCUT2D eigenvalue weighted by atomic mass is 35.5. The van der Waals surface area contributed by atoms with E-state index in [9.17, 15) is 9.59 Å². The molecule has 7 nitrogen and oxygen atoms in total. The lowest BCUT2D eigenvalue weighted by atomic mass is 9.90. The molecule has 2 aromatic carbocycles. The maximum absolute atomic E-state index is 13.3. The SMILES string of the molecule is CCOc1cc2c(cc1OCC)[C@H](CC(=O)OC)N(C(=O)Nc1cc(Cl)ccc1C)CC2. The molecule has 2 amide bonds. The van der Waals surface area contributed by atoms with Crippen LogP contribution in [0.5, 0.6) is 11.5 Å². The number of hydrogen-bond donors (Lipinski definition) is 1. The van der Waals surface area contributed by atoms with Gasteiger partial charge >= 0.3 is 12.0 Å². The van der Waals surface area contributed by atoms with Crippen LogP contribution in [0.25, 0.3) is 0 Å². The fourth-order valence-electron chi connectivity index (χ4n) is 3.87. The van der Waals surface area contributed by atoms with Crippen LogP contribution in [0.2, 0.25) is 5.02 Å². The number of nitrogens with one attached hydrogen (secondary N) is 1. The Hall–Kier alpha value is -2.93. The van der Waals surface area contributed by atoms with Crippen LogP contribution in [0, 0.1) is 6.92 Å². The summed E-state index contributed by atoms with van der Waals surface area (Å²) < 4.78 is 16.4. The first-order valence-corrected chi connectivity index (χ1v) is 11.1. The number of fused-ring (bicyclic) bond motifs is 1. The van der Waals surface area contributed by atoms with Crippen LogP contribution in [0.15, 0.2) is 30.3 Å². The largest absolute Gasteiger partial charge is 0.490 e. The minimum Gasteiger partial charge on any atom is -0.490 e. The van der Waals surface area contributed by atoms with Crippen LogP contribution in [0.1, 0.15) is 43.0 Å². The highest BCUT2D eigenvalue weighted by Gasteiger charge is 2.34. The second-order valence-electron chi connectivity index (χ2n) is 7.49. The number of amides is 2. The average Bonchev–Trinajstić information content (AvgIpc) is 2.77. The zero-order valence-corrected chi connectivity index (χ0v) is 19.6. The molecule has 0 bridgehead atoms. The number of anilines is 1. The number of urea groups is 1. The summed E-state index contributed by atoms with van der Waals surface area (Å²) in [4.78, 5) is 27.2. The molecule has 172 valence electrons. The number of carbonyl (C=O) groups excluding carboxylic acids is 2. The van der Waals surface area contributed by atoms with E-state index in [2.05, 4.69) is 5.32 Å². The molecule has 0 aromatic heterocycles. The molecule has 2 aromatic rings. The van der Waals surface area contributed by atoms with Crippen molar-refractivity contribution in [3.63, 3.8) is 0 Å². The Balaban J connectivity index is 1.97. The molecular weight excluding hydrogens is 432 g/mol. The Morgan fingerprint density at radius 1 is 1.12 bits per heavy atom. The third kappa shape index (κ3) is 5.27. The molecule has 0 saturated carbocycles. The number of nitrogens with zero attached hydrogens (tertiary/aromatic N) is 1. The van der Waals surface area contributed by atoms with Gasteiger partial charge in [-0.1, -0.05) is 17.7 Å². The smallest absolute Gasteiger partial charge is 0.322 e. The number of halogens is 1. The Labute approximate surface area is 193 Å². The molecule has 1 heterocycles. The van der Waals surface area contributed by atoms with Gasteiger partial charge in [0, 0.05) is 17.3 Å². The minimum atomic E-state index is -0.499. The number of benzene rings is 2. The van der Waals surface area contributed by atoms with Crippen molar-refractivity contribution in [1.29, 1.82) is 0 Å². The molecule has 8 heteroatoms. The Bertz CT molecular complexity index is 995. The highest BCUT2D eigenvalue weighted by molar-refractivity contribution is 6.31. The van der Waals surface area contributed by atoms with Gasteiger partial charge in [-0.2, -0.15) is 0 Å². The third-order valence-electron chi connectivity index (χ3n) is 5.45. The molecule has 0 saturated heterocycles. The summed E-state index contributed by atoms with van der Waals surface area (Å²) in [7, 11) is 1.34. The molecule has 1 aliphatic heterocycles. The summed E-state index contributed by atoms with van der Waals surface area (Å²) in [5, 5.41) is 3.47. The molecule has 1 aliphatic rings. The van der Waals surface area contributed by atoms with Crippen LogP contribution in [-0.4, -0.2) is 43.8 Å². The van der Waals surface area contributed by atoms with Crippen LogP contribution in [0.4, 0.5) is 10.5 Å². The molecule has 0 aliphatic carbocycles. The van der Waals surface area contributed by atoms with E-state index in [0.717, 1.165) is 16.7 Å². The number of carbonyl (C=O) groups is 2. The normalized spacial score (nSPS) is 15.0. The summed E-state index contributed by atoms with van der Waals surface area (Å²) in [6, 6.07) is 8.35. The first kappa shape index (κ1) is 23.7. The highest BCUT2D eigenvalue weighted by Crippen LogP contribution is 2.40. The maximum Gasteiger partial charge on any atom is 0.322 e. The van der Waals surface area contributed by atoms with E-state index in [1.54, 1.807) is 17.0 Å². The van der Waals surface area contributed by atoms with Crippen molar-refractivity contribution in [3.8, 4) is 11.5 Å². The van der Waals surface area contributed by atoms with Crippen molar-refractivity contribution in [2.24, 2.45) is 0 Å². The van der Waals surface area contributed by atoms with E-state index >= 15 is 0 Å². The molecule has 0 fully saturated rings. The second-order valence-corrected chi connectivity index (χ2v) is 7.93. The monoisotopic (exact) mass is 460 g/mol. The van der Waals surface area contributed by atoms with Crippen molar-refractivity contribution in [3.05, 3.63) is 52.0 Å². The number of hydrogen-bond acceptors (Lipinski definition) is 5.